The summed E-state index contributed by atoms with van der Waals surface area (Å²) in [5.74, 6) is -0.580. The molecule has 124 valence electrons. The molecule has 8 heteroatoms. The van der Waals surface area contributed by atoms with Crippen molar-refractivity contribution in [3.8, 4) is 11.5 Å². The number of nitrogens with one attached hydrogen (secondary N) is 2. The fourth-order valence-corrected chi connectivity index (χ4v) is 2.53. The summed E-state index contributed by atoms with van der Waals surface area (Å²) < 4.78 is 10.8. The van der Waals surface area contributed by atoms with Crippen molar-refractivity contribution in [3.63, 3.8) is 0 Å². The molecule has 0 bridgehead atoms. The second-order valence-electron chi connectivity index (χ2n) is 4.89. The smallest absolute Gasteiger partial charge is 0.314 e. The molecule has 2 N–H and O–H groups in total. The highest BCUT2D eigenvalue weighted by molar-refractivity contribution is 6.45. The Hall–Kier alpha value is -2.44. The number of amides is 2. The Bertz CT molecular complexity index is 811. The van der Waals surface area contributed by atoms with Crippen LogP contribution in [0, 0.1) is 0 Å². The van der Waals surface area contributed by atoms with E-state index in [1.807, 2.05) is 0 Å². The molecule has 2 aromatic carbocycles. The Morgan fingerprint density at radius 3 is 2.33 bits per heavy atom. The summed E-state index contributed by atoms with van der Waals surface area (Å²) in [4.78, 5) is 24.0. The molecule has 2 amide bonds. The number of carbonyl (C=O) groups excluding carboxylic acids is 2. The summed E-state index contributed by atoms with van der Waals surface area (Å²) in [7, 11) is 0. The molecular formula is C16H12Cl2N2O4. The van der Waals surface area contributed by atoms with Crippen LogP contribution in [0.1, 0.15) is 0 Å². The van der Waals surface area contributed by atoms with Crippen LogP contribution in [0.2, 0.25) is 10.0 Å². The minimum Gasteiger partial charge on any atom is -0.486 e. The molecule has 0 spiro atoms. The highest BCUT2D eigenvalue weighted by atomic mass is 35.5. The third kappa shape index (κ3) is 3.72. The second-order valence-corrected chi connectivity index (χ2v) is 5.73. The number of fused-ring (bicyclic) bond motifs is 1. The lowest BCUT2D eigenvalue weighted by Gasteiger charge is -2.18. The third-order valence-electron chi connectivity index (χ3n) is 3.19. The van der Waals surface area contributed by atoms with Gasteiger partial charge in [-0.2, -0.15) is 0 Å². The number of benzene rings is 2. The third-order valence-corrected chi connectivity index (χ3v) is 3.73. The Morgan fingerprint density at radius 1 is 0.875 bits per heavy atom. The fraction of sp³-hybridized carbons (Fsp3) is 0.125. The lowest BCUT2D eigenvalue weighted by Crippen LogP contribution is -2.29. The van der Waals surface area contributed by atoms with Crippen LogP contribution in [-0.2, 0) is 9.59 Å². The van der Waals surface area contributed by atoms with Gasteiger partial charge in [-0.25, -0.2) is 0 Å². The highest BCUT2D eigenvalue weighted by Crippen LogP contribution is 2.32. The van der Waals surface area contributed by atoms with Crippen LogP contribution in [-0.4, -0.2) is 25.0 Å². The van der Waals surface area contributed by atoms with Gasteiger partial charge < -0.3 is 20.1 Å². The summed E-state index contributed by atoms with van der Waals surface area (Å²) in [6.07, 6.45) is 0. The van der Waals surface area contributed by atoms with Crippen molar-refractivity contribution in [2.24, 2.45) is 0 Å². The van der Waals surface area contributed by atoms with Crippen LogP contribution in [0.25, 0.3) is 0 Å². The van der Waals surface area contributed by atoms with Gasteiger partial charge in [0.2, 0.25) is 0 Å². The van der Waals surface area contributed by atoms with Crippen molar-refractivity contribution in [2.75, 3.05) is 23.8 Å². The maximum absolute atomic E-state index is 12.0. The van der Waals surface area contributed by atoms with Crippen LogP contribution in [0.3, 0.4) is 0 Å². The molecule has 2 aromatic rings. The van der Waals surface area contributed by atoms with Crippen molar-refractivity contribution < 1.29 is 19.1 Å². The molecule has 0 saturated carbocycles. The predicted molar refractivity (Wildman–Crippen MR) is 91.2 cm³/mol. The van der Waals surface area contributed by atoms with Gasteiger partial charge in [-0.05, 0) is 30.3 Å². The van der Waals surface area contributed by atoms with Crippen molar-refractivity contribution in [1.82, 2.24) is 0 Å². The van der Waals surface area contributed by atoms with Crippen LogP contribution in [0.15, 0.2) is 36.4 Å². The summed E-state index contributed by atoms with van der Waals surface area (Å²) in [5.41, 5.74) is 0.713. The molecule has 6 nitrogen and oxygen atoms in total. The molecule has 3 rings (SSSR count). The normalized spacial score (nSPS) is 12.4. The monoisotopic (exact) mass is 366 g/mol. The molecule has 1 aliphatic heterocycles. The number of hydrogen-bond donors (Lipinski definition) is 2. The first kappa shape index (κ1) is 16.4. The van der Waals surface area contributed by atoms with Gasteiger partial charge in [0.05, 0.1) is 10.7 Å². The molecular weight excluding hydrogens is 355 g/mol. The molecule has 1 heterocycles. The zero-order valence-corrected chi connectivity index (χ0v) is 13.8. The van der Waals surface area contributed by atoms with Gasteiger partial charge in [0.25, 0.3) is 0 Å². The molecule has 0 fully saturated rings. The minimum atomic E-state index is -0.853. The lowest BCUT2D eigenvalue weighted by molar-refractivity contribution is -0.132. The van der Waals surface area contributed by atoms with E-state index < -0.39 is 11.8 Å². The average Bonchev–Trinajstić information content (AvgIpc) is 2.57. The van der Waals surface area contributed by atoms with Crippen molar-refractivity contribution >= 4 is 46.4 Å². The van der Waals surface area contributed by atoms with E-state index in [1.165, 1.54) is 12.1 Å². The van der Waals surface area contributed by atoms with Crippen molar-refractivity contribution in [3.05, 3.63) is 46.4 Å². The van der Waals surface area contributed by atoms with E-state index >= 15 is 0 Å². The largest absolute Gasteiger partial charge is 0.486 e. The van der Waals surface area contributed by atoms with Crippen LogP contribution >= 0.6 is 23.2 Å². The number of halogens is 2. The first-order valence-electron chi connectivity index (χ1n) is 7.00. The number of rotatable bonds is 2. The average molecular weight is 367 g/mol. The molecule has 0 unspecified atom stereocenters. The number of anilines is 2. The zero-order chi connectivity index (χ0) is 17.1. The Balaban J connectivity index is 1.67. The molecule has 0 aliphatic carbocycles. The maximum atomic E-state index is 12.0. The van der Waals surface area contributed by atoms with Gasteiger partial charge in [-0.3, -0.25) is 9.59 Å². The van der Waals surface area contributed by atoms with E-state index in [1.54, 1.807) is 24.3 Å². The SMILES string of the molecule is O=C(Nc1ccc2c(c1)OCCO2)C(=O)Nc1ccc(Cl)cc1Cl. The van der Waals surface area contributed by atoms with Crippen LogP contribution in [0.5, 0.6) is 11.5 Å². The minimum absolute atomic E-state index is 0.239. The van der Waals surface area contributed by atoms with Gasteiger partial charge in [0, 0.05) is 16.8 Å². The second kappa shape index (κ2) is 6.98. The van der Waals surface area contributed by atoms with Gasteiger partial charge in [-0.15, -0.1) is 0 Å². The van der Waals surface area contributed by atoms with Crippen LogP contribution < -0.4 is 20.1 Å². The molecule has 0 radical (unpaired) electrons. The molecule has 1 aliphatic rings. The summed E-state index contributed by atoms with van der Waals surface area (Å²) in [6, 6.07) is 9.42. The van der Waals surface area contributed by atoms with E-state index in [2.05, 4.69) is 10.6 Å². The topological polar surface area (TPSA) is 76.7 Å². The Labute approximate surface area is 147 Å². The van der Waals surface area contributed by atoms with E-state index in [4.69, 9.17) is 32.7 Å². The van der Waals surface area contributed by atoms with Gasteiger partial charge in [0.1, 0.15) is 13.2 Å². The lowest BCUT2D eigenvalue weighted by atomic mass is 10.2. The molecule has 24 heavy (non-hydrogen) atoms. The van der Waals surface area contributed by atoms with E-state index in [9.17, 15) is 9.59 Å². The first-order chi connectivity index (χ1) is 11.5. The van der Waals surface area contributed by atoms with Crippen LogP contribution in [0.4, 0.5) is 11.4 Å². The van der Waals surface area contributed by atoms with Gasteiger partial charge >= 0.3 is 11.8 Å². The van der Waals surface area contributed by atoms with Crippen molar-refractivity contribution in [2.45, 2.75) is 0 Å². The summed E-state index contributed by atoms with van der Waals surface area (Å²) >= 11 is 11.7. The highest BCUT2D eigenvalue weighted by Gasteiger charge is 2.17. The number of hydrogen-bond acceptors (Lipinski definition) is 4. The number of carbonyl (C=O) groups is 2. The summed E-state index contributed by atoms with van der Waals surface area (Å²) in [5, 5.41) is 5.58. The first-order valence-corrected chi connectivity index (χ1v) is 7.75. The maximum Gasteiger partial charge on any atom is 0.314 e. The fourth-order valence-electron chi connectivity index (χ4n) is 2.08. The molecule has 0 atom stereocenters. The van der Waals surface area contributed by atoms with E-state index in [0.29, 0.717) is 41.1 Å². The van der Waals surface area contributed by atoms with Gasteiger partial charge in [-0.1, -0.05) is 23.2 Å². The predicted octanol–water partition coefficient (Wildman–Crippen LogP) is 3.34. The molecule has 0 aromatic heterocycles. The van der Waals surface area contributed by atoms with Crippen molar-refractivity contribution in [1.29, 1.82) is 0 Å². The Morgan fingerprint density at radius 2 is 1.58 bits per heavy atom. The number of ether oxygens (including phenoxy) is 2. The molecule has 0 saturated heterocycles. The summed E-state index contributed by atoms with van der Waals surface area (Å²) in [6.45, 7) is 0.906. The van der Waals surface area contributed by atoms with E-state index in [0.717, 1.165) is 0 Å². The van der Waals surface area contributed by atoms with E-state index in [-0.39, 0.29) is 5.02 Å². The van der Waals surface area contributed by atoms with Gasteiger partial charge in [0.15, 0.2) is 11.5 Å². The zero-order valence-electron chi connectivity index (χ0n) is 12.3. The standard InChI is InChI=1S/C16H12Cl2N2O4/c17-9-1-3-12(11(18)7-9)20-16(22)15(21)19-10-2-4-13-14(8-10)24-6-5-23-13/h1-4,7-8H,5-6H2,(H,19,21)(H,20,22). The Kier molecular flexibility index (Phi) is 4.78. The quantitative estimate of drug-likeness (QED) is 0.799.